The highest BCUT2D eigenvalue weighted by Gasteiger charge is 2.23. The predicted octanol–water partition coefficient (Wildman–Crippen LogP) is 5.74. The van der Waals surface area contributed by atoms with Crippen molar-refractivity contribution in [2.24, 2.45) is 5.41 Å². The Morgan fingerprint density at radius 2 is 1.88 bits per heavy atom. The third-order valence-electron chi connectivity index (χ3n) is 6.63. The lowest BCUT2D eigenvalue weighted by Crippen LogP contribution is -2.38. The van der Waals surface area contributed by atoms with Gasteiger partial charge in [-0.2, -0.15) is 0 Å². The first kappa shape index (κ1) is 27.8. The van der Waals surface area contributed by atoms with Gasteiger partial charge in [-0.25, -0.2) is 23.4 Å². The number of hydrogen-bond acceptors (Lipinski definition) is 8. The molecule has 0 saturated carbocycles. The van der Waals surface area contributed by atoms with Crippen LogP contribution in [0.3, 0.4) is 0 Å². The van der Waals surface area contributed by atoms with E-state index in [1.807, 2.05) is 70.2 Å². The molecule has 0 spiro atoms. The second-order valence-electron chi connectivity index (χ2n) is 11.4. The number of benzene rings is 2. The SMILES string of the molecule is Cc1ccc2c(NS(=O)(=O)CC(C)(C)C)cccc2c1Oc1ncccc1-c1ccnc(NC2CCCNC2)n1. The number of rotatable bonds is 8. The summed E-state index contributed by atoms with van der Waals surface area (Å²) < 4.78 is 35.0. The molecule has 0 radical (unpaired) electrons. The van der Waals surface area contributed by atoms with E-state index in [1.165, 1.54) is 0 Å². The molecule has 3 N–H and O–H groups in total. The van der Waals surface area contributed by atoms with Crippen LogP contribution in [0.4, 0.5) is 11.6 Å². The van der Waals surface area contributed by atoms with Gasteiger partial charge in [-0.1, -0.05) is 45.0 Å². The monoisotopic (exact) mass is 560 g/mol. The first-order valence-corrected chi connectivity index (χ1v) is 15.2. The van der Waals surface area contributed by atoms with E-state index in [-0.39, 0.29) is 17.2 Å². The topological polar surface area (TPSA) is 118 Å². The van der Waals surface area contributed by atoms with E-state index in [4.69, 9.17) is 9.72 Å². The minimum absolute atomic E-state index is 0.00986. The van der Waals surface area contributed by atoms with E-state index < -0.39 is 10.0 Å². The van der Waals surface area contributed by atoms with Crippen LogP contribution >= 0.6 is 0 Å². The van der Waals surface area contributed by atoms with Crippen LogP contribution in [0, 0.1) is 12.3 Å². The van der Waals surface area contributed by atoms with Gasteiger partial charge in [0.1, 0.15) is 5.75 Å². The normalized spacial score (nSPS) is 16.1. The summed E-state index contributed by atoms with van der Waals surface area (Å²) in [5.74, 6) is 1.58. The van der Waals surface area contributed by atoms with E-state index in [1.54, 1.807) is 18.5 Å². The molecule has 3 heterocycles. The molecule has 10 heteroatoms. The molecule has 2 aromatic carbocycles. The molecule has 5 rings (SSSR count). The van der Waals surface area contributed by atoms with Crippen molar-refractivity contribution in [3.05, 3.63) is 66.5 Å². The molecule has 40 heavy (non-hydrogen) atoms. The molecule has 1 aliphatic rings. The molecule has 9 nitrogen and oxygen atoms in total. The average molecular weight is 561 g/mol. The summed E-state index contributed by atoms with van der Waals surface area (Å²) in [5.41, 5.74) is 2.46. The largest absolute Gasteiger partial charge is 0.437 e. The van der Waals surface area contributed by atoms with Crippen molar-refractivity contribution in [2.45, 2.75) is 46.6 Å². The lowest BCUT2D eigenvalue weighted by molar-refractivity contribution is 0.463. The van der Waals surface area contributed by atoms with Crippen LogP contribution in [-0.2, 0) is 10.0 Å². The van der Waals surface area contributed by atoms with Gasteiger partial charge in [0.15, 0.2) is 0 Å². The Hall–Kier alpha value is -3.76. The number of aromatic nitrogens is 3. The lowest BCUT2D eigenvalue weighted by Gasteiger charge is -2.23. The minimum Gasteiger partial charge on any atom is -0.437 e. The van der Waals surface area contributed by atoms with Crippen molar-refractivity contribution >= 4 is 32.4 Å². The van der Waals surface area contributed by atoms with Crippen LogP contribution in [0.1, 0.15) is 39.2 Å². The number of anilines is 2. The van der Waals surface area contributed by atoms with Gasteiger partial charge >= 0.3 is 0 Å². The molecule has 4 aromatic rings. The molecular formula is C30H36N6O3S. The van der Waals surface area contributed by atoms with Crippen LogP contribution in [0.25, 0.3) is 22.0 Å². The molecule has 1 atom stereocenters. The van der Waals surface area contributed by atoms with E-state index in [0.29, 0.717) is 29.0 Å². The smallest absolute Gasteiger partial charge is 0.233 e. The van der Waals surface area contributed by atoms with Gasteiger partial charge in [-0.05, 0) is 61.6 Å². The number of piperidine rings is 1. The molecule has 210 valence electrons. The van der Waals surface area contributed by atoms with Crippen LogP contribution in [-0.4, -0.2) is 48.3 Å². The van der Waals surface area contributed by atoms with E-state index in [0.717, 1.165) is 47.8 Å². The number of nitrogens with zero attached hydrogens (tertiary/aromatic N) is 3. The quantitative estimate of drug-likeness (QED) is 0.250. The van der Waals surface area contributed by atoms with Crippen LogP contribution in [0.15, 0.2) is 60.9 Å². The zero-order valence-electron chi connectivity index (χ0n) is 23.4. The molecule has 2 aromatic heterocycles. The standard InChI is InChI=1S/C30H36N6O3S/c1-20-12-13-22-23(9-5-11-26(22)36-40(37,38)19-30(2,3)4)27(20)39-28-24(10-7-16-32-28)25-14-17-33-29(35-25)34-21-8-6-15-31-18-21/h5,7,9-14,16-17,21,31,36H,6,8,15,18-19H2,1-4H3,(H,33,34,35). The summed E-state index contributed by atoms with van der Waals surface area (Å²) in [4.78, 5) is 13.7. The summed E-state index contributed by atoms with van der Waals surface area (Å²) in [5, 5.41) is 8.35. The summed E-state index contributed by atoms with van der Waals surface area (Å²) >= 11 is 0. The molecule has 1 aliphatic heterocycles. The van der Waals surface area contributed by atoms with Crippen molar-refractivity contribution in [2.75, 3.05) is 28.9 Å². The first-order valence-electron chi connectivity index (χ1n) is 13.5. The van der Waals surface area contributed by atoms with Crippen LogP contribution < -0.4 is 20.1 Å². The van der Waals surface area contributed by atoms with Crippen molar-refractivity contribution in [3.8, 4) is 22.9 Å². The molecule has 0 aliphatic carbocycles. The molecule has 1 saturated heterocycles. The van der Waals surface area contributed by atoms with Gasteiger partial charge < -0.3 is 15.4 Å². The zero-order chi connectivity index (χ0) is 28.3. The Bertz CT molecular complexity index is 1610. The highest BCUT2D eigenvalue weighted by atomic mass is 32.2. The highest BCUT2D eigenvalue weighted by molar-refractivity contribution is 7.92. The number of pyridine rings is 1. The maximum absolute atomic E-state index is 12.9. The van der Waals surface area contributed by atoms with E-state index >= 15 is 0 Å². The Morgan fingerprint density at radius 1 is 1.02 bits per heavy atom. The Balaban J connectivity index is 1.47. The number of hydrogen-bond donors (Lipinski definition) is 3. The second kappa shape index (κ2) is 11.4. The Kier molecular flexibility index (Phi) is 7.91. The Morgan fingerprint density at radius 3 is 2.65 bits per heavy atom. The third kappa shape index (κ3) is 6.68. The average Bonchev–Trinajstić information content (AvgIpc) is 2.90. The summed E-state index contributed by atoms with van der Waals surface area (Å²) in [7, 11) is -3.55. The van der Waals surface area contributed by atoms with Crippen LogP contribution in [0.2, 0.25) is 0 Å². The van der Waals surface area contributed by atoms with Gasteiger partial charge in [-0.15, -0.1) is 0 Å². The molecule has 0 amide bonds. The van der Waals surface area contributed by atoms with Gasteiger partial charge in [0.05, 0.1) is 22.7 Å². The summed E-state index contributed by atoms with van der Waals surface area (Å²) in [6.45, 7) is 9.58. The third-order valence-corrected chi connectivity index (χ3v) is 8.41. The number of nitrogens with one attached hydrogen (secondary N) is 3. The predicted molar refractivity (Wildman–Crippen MR) is 160 cm³/mol. The van der Waals surface area contributed by atoms with Gasteiger partial charge in [-0.3, -0.25) is 4.72 Å². The number of aryl methyl sites for hydroxylation is 1. The first-order chi connectivity index (χ1) is 19.1. The highest BCUT2D eigenvalue weighted by Crippen LogP contribution is 2.39. The minimum atomic E-state index is -3.55. The van der Waals surface area contributed by atoms with E-state index in [2.05, 4.69) is 25.3 Å². The maximum atomic E-state index is 12.9. The molecule has 1 fully saturated rings. The Labute approximate surface area is 235 Å². The fourth-order valence-electron chi connectivity index (χ4n) is 4.94. The molecule has 1 unspecified atom stereocenters. The fourth-order valence-corrected chi connectivity index (χ4v) is 6.66. The van der Waals surface area contributed by atoms with Crippen LogP contribution in [0.5, 0.6) is 11.6 Å². The maximum Gasteiger partial charge on any atom is 0.233 e. The fraction of sp³-hybridized carbons (Fsp3) is 0.367. The van der Waals surface area contributed by atoms with Crippen molar-refractivity contribution < 1.29 is 13.2 Å². The summed E-state index contributed by atoms with van der Waals surface area (Å²) in [6.07, 6.45) is 5.59. The van der Waals surface area contributed by atoms with Crippen molar-refractivity contribution in [1.82, 2.24) is 20.3 Å². The van der Waals surface area contributed by atoms with Gasteiger partial charge in [0.2, 0.25) is 21.9 Å². The molecule has 0 bridgehead atoms. The summed E-state index contributed by atoms with van der Waals surface area (Å²) in [6, 6.07) is 15.2. The zero-order valence-corrected chi connectivity index (χ0v) is 24.2. The van der Waals surface area contributed by atoms with Gasteiger partial charge in [0, 0.05) is 35.8 Å². The second-order valence-corrected chi connectivity index (χ2v) is 13.2. The number of fused-ring (bicyclic) bond motifs is 1. The molecular weight excluding hydrogens is 524 g/mol. The van der Waals surface area contributed by atoms with Crippen molar-refractivity contribution in [1.29, 1.82) is 0 Å². The van der Waals surface area contributed by atoms with E-state index in [9.17, 15) is 8.42 Å². The van der Waals surface area contributed by atoms with Crippen molar-refractivity contribution in [3.63, 3.8) is 0 Å². The lowest BCUT2D eigenvalue weighted by atomic mass is 10.0. The number of ether oxygens (including phenoxy) is 1. The van der Waals surface area contributed by atoms with Gasteiger partial charge in [0.25, 0.3) is 0 Å². The number of sulfonamides is 1.